The highest BCUT2D eigenvalue weighted by Crippen LogP contribution is 2.49. The molecule has 4 nitrogen and oxygen atoms in total. The lowest BCUT2D eigenvalue weighted by Crippen LogP contribution is -2.62. The fourth-order valence-corrected chi connectivity index (χ4v) is 5.27. The van der Waals surface area contributed by atoms with Crippen molar-refractivity contribution in [1.29, 1.82) is 0 Å². The molecule has 4 aliphatic rings. The van der Waals surface area contributed by atoms with Gasteiger partial charge >= 0.3 is 0 Å². The molecule has 0 aromatic rings. The SMILES string of the molecule is O=C(N1CC2(C[C@@H](OCC3CCOCC3)CS2)C1)C1(F)CC1. The van der Waals surface area contributed by atoms with Crippen molar-refractivity contribution in [2.75, 3.05) is 38.7 Å². The van der Waals surface area contributed by atoms with E-state index in [0.717, 1.165) is 44.8 Å². The molecule has 4 fully saturated rings. The number of hydrogen-bond donors (Lipinski definition) is 0. The fourth-order valence-electron chi connectivity index (χ4n) is 3.72. The highest BCUT2D eigenvalue weighted by atomic mass is 32.2. The molecular weight excluding hydrogens is 305 g/mol. The van der Waals surface area contributed by atoms with Gasteiger partial charge in [-0.2, -0.15) is 0 Å². The quantitative estimate of drug-likeness (QED) is 0.791. The first kappa shape index (κ1) is 15.2. The minimum absolute atomic E-state index is 0.140. The maximum Gasteiger partial charge on any atom is 0.260 e. The number of alkyl halides is 1. The van der Waals surface area contributed by atoms with Gasteiger partial charge in [0.25, 0.3) is 5.91 Å². The summed E-state index contributed by atoms with van der Waals surface area (Å²) in [6.07, 6.45) is 4.34. The summed E-state index contributed by atoms with van der Waals surface area (Å²) >= 11 is 1.91. The molecule has 0 unspecified atom stereocenters. The van der Waals surface area contributed by atoms with Crippen molar-refractivity contribution in [2.24, 2.45) is 5.92 Å². The van der Waals surface area contributed by atoms with Crippen LogP contribution in [-0.4, -0.2) is 66.0 Å². The van der Waals surface area contributed by atoms with Crippen LogP contribution in [0.4, 0.5) is 4.39 Å². The van der Waals surface area contributed by atoms with Gasteiger partial charge in [-0.25, -0.2) is 4.39 Å². The summed E-state index contributed by atoms with van der Waals surface area (Å²) in [6, 6.07) is 0. The van der Waals surface area contributed by atoms with Crippen LogP contribution in [0, 0.1) is 5.92 Å². The van der Waals surface area contributed by atoms with Crippen LogP contribution in [0.15, 0.2) is 0 Å². The third kappa shape index (κ3) is 2.89. The van der Waals surface area contributed by atoms with E-state index in [-0.39, 0.29) is 10.7 Å². The summed E-state index contributed by atoms with van der Waals surface area (Å²) in [6.45, 7) is 3.97. The Morgan fingerprint density at radius 2 is 2.05 bits per heavy atom. The maximum absolute atomic E-state index is 13.8. The van der Waals surface area contributed by atoms with E-state index in [4.69, 9.17) is 9.47 Å². The predicted molar refractivity (Wildman–Crippen MR) is 82.7 cm³/mol. The van der Waals surface area contributed by atoms with Crippen molar-refractivity contribution < 1.29 is 18.7 Å². The molecule has 6 heteroatoms. The number of rotatable bonds is 4. The maximum atomic E-state index is 13.8. The molecule has 1 aliphatic carbocycles. The van der Waals surface area contributed by atoms with E-state index < -0.39 is 5.67 Å². The number of amides is 1. The summed E-state index contributed by atoms with van der Waals surface area (Å²) in [5, 5.41) is 0. The first-order valence-electron chi connectivity index (χ1n) is 8.40. The van der Waals surface area contributed by atoms with Crippen molar-refractivity contribution in [1.82, 2.24) is 4.90 Å². The van der Waals surface area contributed by atoms with Crippen LogP contribution < -0.4 is 0 Å². The number of hydrogen-bond acceptors (Lipinski definition) is 4. The molecule has 0 aromatic heterocycles. The van der Waals surface area contributed by atoms with Gasteiger partial charge in [-0.3, -0.25) is 4.79 Å². The summed E-state index contributed by atoms with van der Waals surface area (Å²) in [5.41, 5.74) is -1.51. The number of ether oxygens (including phenoxy) is 2. The zero-order valence-electron chi connectivity index (χ0n) is 12.9. The summed E-state index contributed by atoms with van der Waals surface area (Å²) in [7, 11) is 0. The molecule has 0 bridgehead atoms. The molecule has 0 radical (unpaired) electrons. The average molecular weight is 329 g/mol. The third-order valence-electron chi connectivity index (χ3n) is 5.40. The van der Waals surface area contributed by atoms with Gasteiger partial charge in [0.05, 0.1) is 10.9 Å². The molecule has 3 aliphatic heterocycles. The molecule has 4 rings (SSSR count). The lowest BCUT2D eigenvalue weighted by Gasteiger charge is -2.48. The zero-order chi connectivity index (χ0) is 15.2. The molecule has 1 saturated carbocycles. The molecule has 0 N–H and O–H groups in total. The fraction of sp³-hybridized carbons (Fsp3) is 0.938. The minimum Gasteiger partial charge on any atom is -0.381 e. The average Bonchev–Trinajstić information content (AvgIpc) is 3.11. The molecule has 3 heterocycles. The van der Waals surface area contributed by atoms with Crippen molar-refractivity contribution in [3.8, 4) is 0 Å². The van der Waals surface area contributed by atoms with E-state index in [0.29, 0.717) is 38.0 Å². The highest BCUT2D eigenvalue weighted by Gasteiger charge is 2.59. The van der Waals surface area contributed by atoms with Gasteiger partial charge in [-0.05, 0) is 38.0 Å². The van der Waals surface area contributed by atoms with Gasteiger partial charge in [0.1, 0.15) is 0 Å². The second-order valence-electron chi connectivity index (χ2n) is 7.34. The lowest BCUT2D eigenvalue weighted by molar-refractivity contribution is -0.144. The molecule has 3 saturated heterocycles. The molecule has 1 amide bonds. The van der Waals surface area contributed by atoms with Crippen LogP contribution >= 0.6 is 11.8 Å². The van der Waals surface area contributed by atoms with Gasteiger partial charge in [-0.1, -0.05) is 0 Å². The van der Waals surface area contributed by atoms with E-state index in [2.05, 4.69) is 0 Å². The second kappa shape index (κ2) is 5.64. The van der Waals surface area contributed by atoms with Crippen molar-refractivity contribution >= 4 is 17.7 Å². The van der Waals surface area contributed by atoms with Gasteiger partial charge in [0.15, 0.2) is 5.67 Å². The van der Waals surface area contributed by atoms with Crippen molar-refractivity contribution in [3.63, 3.8) is 0 Å². The lowest BCUT2D eigenvalue weighted by atomic mass is 9.92. The van der Waals surface area contributed by atoms with E-state index in [1.54, 1.807) is 4.90 Å². The van der Waals surface area contributed by atoms with Crippen LogP contribution in [0.3, 0.4) is 0 Å². The summed E-state index contributed by atoms with van der Waals surface area (Å²) < 4.78 is 25.4. The zero-order valence-corrected chi connectivity index (χ0v) is 13.7. The summed E-state index contributed by atoms with van der Waals surface area (Å²) in [4.78, 5) is 13.7. The number of nitrogens with zero attached hydrogens (tertiary/aromatic N) is 1. The van der Waals surface area contributed by atoms with E-state index in [1.165, 1.54) is 0 Å². The molecule has 124 valence electrons. The molecular formula is C16H24FNO3S. The van der Waals surface area contributed by atoms with Crippen LogP contribution in [0.2, 0.25) is 0 Å². The van der Waals surface area contributed by atoms with E-state index in [9.17, 15) is 9.18 Å². The minimum atomic E-state index is -1.51. The number of thioether (sulfide) groups is 1. The topological polar surface area (TPSA) is 38.8 Å². The van der Waals surface area contributed by atoms with Crippen molar-refractivity contribution in [2.45, 2.75) is 48.6 Å². The Labute approximate surface area is 135 Å². The largest absolute Gasteiger partial charge is 0.381 e. The van der Waals surface area contributed by atoms with Crippen LogP contribution in [0.1, 0.15) is 32.1 Å². The predicted octanol–water partition coefficient (Wildman–Crippen LogP) is 2.02. The van der Waals surface area contributed by atoms with Gasteiger partial charge in [-0.15, -0.1) is 11.8 Å². The smallest absolute Gasteiger partial charge is 0.260 e. The van der Waals surface area contributed by atoms with Crippen LogP contribution in [0.5, 0.6) is 0 Å². The molecule has 22 heavy (non-hydrogen) atoms. The highest BCUT2D eigenvalue weighted by molar-refractivity contribution is 8.01. The van der Waals surface area contributed by atoms with E-state index >= 15 is 0 Å². The van der Waals surface area contributed by atoms with Gasteiger partial charge in [0, 0.05) is 38.7 Å². The second-order valence-corrected chi connectivity index (χ2v) is 8.82. The number of halogens is 1. The Morgan fingerprint density at radius 1 is 1.32 bits per heavy atom. The molecule has 1 atom stereocenters. The first-order chi connectivity index (χ1) is 10.6. The van der Waals surface area contributed by atoms with Gasteiger partial charge in [0.2, 0.25) is 0 Å². The first-order valence-corrected chi connectivity index (χ1v) is 9.39. The molecule has 0 aromatic carbocycles. The van der Waals surface area contributed by atoms with E-state index in [1.807, 2.05) is 11.8 Å². The Morgan fingerprint density at radius 3 is 2.73 bits per heavy atom. The Bertz CT molecular complexity index is 445. The van der Waals surface area contributed by atoms with Crippen LogP contribution in [0.25, 0.3) is 0 Å². The third-order valence-corrected chi connectivity index (χ3v) is 6.98. The normalized spacial score (nSPS) is 33.0. The Hall–Kier alpha value is -0.330. The van der Waals surface area contributed by atoms with Crippen LogP contribution in [-0.2, 0) is 14.3 Å². The number of likely N-dealkylation sites (tertiary alicyclic amines) is 1. The van der Waals surface area contributed by atoms with Crippen molar-refractivity contribution in [3.05, 3.63) is 0 Å². The number of carbonyl (C=O) groups excluding carboxylic acids is 1. The summed E-state index contributed by atoms with van der Waals surface area (Å²) in [5.74, 6) is 1.37. The van der Waals surface area contributed by atoms with Gasteiger partial charge < -0.3 is 14.4 Å². The Kier molecular flexibility index (Phi) is 3.90. The monoisotopic (exact) mass is 329 g/mol. The Balaban J connectivity index is 1.21. The molecule has 1 spiro atoms. The number of carbonyl (C=O) groups is 1. The standard InChI is InChI=1S/C16H24FNO3S/c17-16(3-4-16)14(19)18-10-15(11-18)7-13(9-22-15)21-8-12-1-5-20-6-2-12/h12-13H,1-11H2/t13-/m1/s1.